The molecule has 2 amide bonds. The Labute approximate surface area is 261 Å². The zero-order chi connectivity index (χ0) is 30.8. The van der Waals surface area contributed by atoms with E-state index in [1.165, 1.54) is 30.2 Å². The van der Waals surface area contributed by atoms with Crippen molar-refractivity contribution in [2.24, 2.45) is 4.99 Å². The Kier molecular flexibility index (Phi) is 8.73. The van der Waals surface area contributed by atoms with Crippen LogP contribution in [0.1, 0.15) is 74.0 Å². The van der Waals surface area contributed by atoms with Crippen LogP contribution in [0.2, 0.25) is 0 Å². The SMILES string of the molecule is CC(C)Oc1cccc(CN2CCC3(CC2)C(=NC2CCCCC2)NC(=O)N3c2cc(F)cc(-c3ccc(C(=O)O)s3)c2)c1. The van der Waals surface area contributed by atoms with E-state index in [2.05, 4.69) is 22.3 Å². The van der Waals surface area contributed by atoms with Crippen LogP contribution < -0.4 is 15.0 Å². The number of hydrogen-bond acceptors (Lipinski definition) is 6. The number of aromatic carboxylic acids is 1. The van der Waals surface area contributed by atoms with Crippen LogP contribution in [-0.2, 0) is 6.54 Å². The summed E-state index contributed by atoms with van der Waals surface area (Å²) in [5.74, 6) is 0.0406. The number of aliphatic imine (C=N–C) groups is 1. The molecule has 1 aromatic heterocycles. The molecule has 0 bridgehead atoms. The van der Waals surface area contributed by atoms with Gasteiger partial charge in [-0.1, -0.05) is 31.4 Å². The van der Waals surface area contributed by atoms with Crippen LogP contribution in [-0.4, -0.2) is 58.6 Å². The molecule has 1 saturated carbocycles. The molecular weight excluding hydrogens is 579 g/mol. The van der Waals surface area contributed by atoms with Gasteiger partial charge < -0.3 is 9.84 Å². The molecular formula is C34H39FN4O4S. The number of rotatable bonds is 8. The Bertz CT molecular complexity index is 1560. The summed E-state index contributed by atoms with van der Waals surface area (Å²) in [4.78, 5) is 35.3. The number of amidine groups is 1. The quantitative estimate of drug-likeness (QED) is 0.276. The molecule has 2 aliphatic heterocycles. The monoisotopic (exact) mass is 618 g/mol. The van der Waals surface area contributed by atoms with Crippen molar-refractivity contribution in [3.05, 3.63) is 70.9 Å². The lowest BCUT2D eigenvalue weighted by Crippen LogP contribution is -2.57. The lowest BCUT2D eigenvalue weighted by atomic mass is 9.84. The van der Waals surface area contributed by atoms with Crippen molar-refractivity contribution >= 4 is 34.9 Å². The summed E-state index contributed by atoms with van der Waals surface area (Å²) in [5, 5.41) is 12.5. The Hall–Kier alpha value is -3.76. The zero-order valence-corrected chi connectivity index (χ0v) is 26.0. The molecule has 44 heavy (non-hydrogen) atoms. The summed E-state index contributed by atoms with van der Waals surface area (Å²) in [7, 11) is 0. The number of thiophene rings is 1. The number of carbonyl (C=O) groups is 2. The van der Waals surface area contributed by atoms with Gasteiger partial charge in [-0.05, 0) is 93.1 Å². The van der Waals surface area contributed by atoms with Crippen LogP contribution in [0.4, 0.5) is 14.9 Å². The third kappa shape index (κ3) is 6.37. The van der Waals surface area contributed by atoms with Gasteiger partial charge in [-0.2, -0.15) is 0 Å². The molecule has 3 aliphatic rings. The molecule has 0 atom stereocenters. The number of nitrogens with zero attached hydrogens (tertiary/aromatic N) is 3. The van der Waals surface area contributed by atoms with Crippen molar-refractivity contribution in [1.82, 2.24) is 10.2 Å². The first-order valence-electron chi connectivity index (χ1n) is 15.5. The van der Waals surface area contributed by atoms with E-state index in [1.807, 2.05) is 26.0 Å². The number of likely N-dealkylation sites (tertiary alicyclic amines) is 1. The number of urea groups is 1. The highest BCUT2D eigenvalue weighted by atomic mass is 32.1. The van der Waals surface area contributed by atoms with Crippen LogP contribution >= 0.6 is 11.3 Å². The lowest BCUT2D eigenvalue weighted by molar-refractivity contribution is 0.0702. The molecule has 1 spiro atoms. The minimum Gasteiger partial charge on any atom is -0.491 e. The molecule has 3 aromatic rings. The molecule has 3 heterocycles. The fraction of sp³-hybridized carbons (Fsp3) is 0.441. The third-order valence-electron chi connectivity index (χ3n) is 8.79. The van der Waals surface area contributed by atoms with Crippen molar-refractivity contribution in [3.8, 4) is 16.2 Å². The number of amides is 2. The fourth-order valence-corrected chi connectivity index (χ4v) is 7.56. The Morgan fingerprint density at radius 1 is 1.11 bits per heavy atom. The van der Waals surface area contributed by atoms with Crippen molar-refractivity contribution in [3.63, 3.8) is 0 Å². The topological polar surface area (TPSA) is 94.5 Å². The number of ether oxygens (including phenoxy) is 1. The molecule has 8 nitrogen and oxygen atoms in total. The third-order valence-corrected chi connectivity index (χ3v) is 9.91. The van der Waals surface area contributed by atoms with Crippen LogP contribution in [0, 0.1) is 5.82 Å². The first-order valence-corrected chi connectivity index (χ1v) is 16.3. The van der Waals surface area contributed by atoms with E-state index in [-0.39, 0.29) is 23.1 Å². The smallest absolute Gasteiger partial charge is 0.345 e. The summed E-state index contributed by atoms with van der Waals surface area (Å²) in [6, 6.07) is 15.8. The van der Waals surface area contributed by atoms with Crippen molar-refractivity contribution in [2.75, 3.05) is 18.0 Å². The molecule has 2 N–H and O–H groups in total. The number of benzene rings is 2. The van der Waals surface area contributed by atoms with Crippen LogP contribution in [0.5, 0.6) is 5.75 Å². The van der Waals surface area contributed by atoms with Gasteiger partial charge in [0.25, 0.3) is 0 Å². The number of carbonyl (C=O) groups excluding carboxylic acids is 1. The van der Waals surface area contributed by atoms with Gasteiger partial charge in [-0.3, -0.25) is 20.1 Å². The second-order valence-corrected chi connectivity index (χ2v) is 13.4. The standard InChI is InChI=1S/C34H39FN4O4S/c1-22(2)43-28-10-6-7-23(17-28)21-38-15-13-34(14-16-38)32(36-26-8-4-3-5-9-26)37-33(42)39(34)27-19-24(18-25(35)20-27)29-11-12-30(44-29)31(40)41/h6-7,10-12,17-20,22,26H,3-5,8-9,13-16,21H2,1-2H3,(H,40,41)(H,36,37,42). The van der Waals surface area contributed by atoms with E-state index < -0.39 is 17.3 Å². The maximum Gasteiger partial charge on any atom is 0.345 e. The fourth-order valence-electron chi connectivity index (χ4n) is 6.73. The van der Waals surface area contributed by atoms with Gasteiger partial charge >= 0.3 is 12.0 Å². The average molecular weight is 619 g/mol. The molecule has 2 aromatic carbocycles. The molecule has 6 rings (SSSR count). The Balaban J connectivity index is 1.31. The van der Waals surface area contributed by atoms with Crippen LogP contribution in [0.25, 0.3) is 10.4 Å². The molecule has 0 radical (unpaired) electrons. The average Bonchev–Trinajstić information content (AvgIpc) is 3.58. The predicted molar refractivity (Wildman–Crippen MR) is 171 cm³/mol. The van der Waals surface area contributed by atoms with E-state index in [9.17, 15) is 14.7 Å². The van der Waals surface area contributed by atoms with Crippen LogP contribution in [0.15, 0.2) is 59.6 Å². The Morgan fingerprint density at radius 2 is 1.89 bits per heavy atom. The highest BCUT2D eigenvalue weighted by molar-refractivity contribution is 7.17. The van der Waals surface area contributed by atoms with Crippen LogP contribution in [0.3, 0.4) is 0 Å². The molecule has 0 unspecified atom stereocenters. The minimum absolute atomic E-state index is 0.0997. The van der Waals surface area contributed by atoms with E-state index in [1.54, 1.807) is 17.0 Å². The number of carboxylic acids is 1. The van der Waals surface area contributed by atoms with Gasteiger partial charge in [0.05, 0.1) is 17.8 Å². The second-order valence-electron chi connectivity index (χ2n) is 12.3. The molecule has 10 heteroatoms. The maximum absolute atomic E-state index is 15.2. The number of carboxylic acid groups (broad SMARTS) is 1. The first kappa shape index (κ1) is 30.3. The van der Waals surface area contributed by atoms with E-state index in [4.69, 9.17) is 9.73 Å². The molecule has 232 valence electrons. The van der Waals surface area contributed by atoms with Crippen molar-refractivity contribution < 1.29 is 23.8 Å². The Morgan fingerprint density at radius 3 is 2.59 bits per heavy atom. The molecule has 3 fully saturated rings. The van der Waals surface area contributed by atoms with E-state index >= 15 is 4.39 Å². The number of nitrogens with one attached hydrogen (secondary N) is 1. The van der Waals surface area contributed by atoms with Gasteiger partial charge in [0.15, 0.2) is 0 Å². The van der Waals surface area contributed by atoms with Gasteiger partial charge in [0, 0.05) is 24.5 Å². The summed E-state index contributed by atoms with van der Waals surface area (Å²) >= 11 is 1.09. The minimum atomic E-state index is -1.02. The molecule has 2 saturated heterocycles. The van der Waals surface area contributed by atoms with E-state index in [0.717, 1.165) is 62.4 Å². The van der Waals surface area contributed by atoms with Crippen molar-refractivity contribution in [1.29, 1.82) is 0 Å². The van der Waals surface area contributed by atoms with E-state index in [0.29, 0.717) is 34.8 Å². The summed E-state index contributed by atoms with van der Waals surface area (Å²) in [5.41, 5.74) is 1.43. The number of anilines is 1. The van der Waals surface area contributed by atoms with Gasteiger partial charge in [0.2, 0.25) is 0 Å². The molecule has 1 aliphatic carbocycles. The normalized spacial score (nSPS) is 20.0. The largest absolute Gasteiger partial charge is 0.491 e. The first-order chi connectivity index (χ1) is 21.2. The highest BCUT2D eigenvalue weighted by Gasteiger charge is 2.53. The summed E-state index contributed by atoms with van der Waals surface area (Å²) < 4.78 is 21.1. The summed E-state index contributed by atoms with van der Waals surface area (Å²) in [6.07, 6.45) is 6.87. The van der Waals surface area contributed by atoms with Gasteiger partial charge in [0.1, 0.15) is 27.8 Å². The zero-order valence-electron chi connectivity index (χ0n) is 25.2. The number of hydrogen-bond donors (Lipinski definition) is 2. The van der Waals surface area contributed by atoms with Gasteiger partial charge in [-0.15, -0.1) is 11.3 Å². The lowest BCUT2D eigenvalue weighted by Gasteiger charge is -2.44. The van der Waals surface area contributed by atoms with Gasteiger partial charge in [-0.25, -0.2) is 14.0 Å². The number of piperidine rings is 1. The predicted octanol–water partition coefficient (Wildman–Crippen LogP) is 7.34. The maximum atomic E-state index is 15.2. The second kappa shape index (κ2) is 12.7. The summed E-state index contributed by atoms with van der Waals surface area (Å²) in [6.45, 7) is 6.26. The number of halogens is 1. The highest BCUT2D eigenvalue weighted by Crippen LogP contribution is 2.41. The van der Waals surface area contributed by atoms with Crippen molar-refractivity contribution in [2.45, 2.75) is 83.0 Å².